The Balaban J connectivity index is 1.70. The van der Waals surface area contributed by atoms with Gasteiger partial charge in [0, 0.05) is 18.7 Å². The molecular formula is C20H22N2O3S. The van der Waals surface area contributed by atoms with E-state index in [2.05, 4.69) is 6.07 Å². The Kier molecular flexibility index (Phi) is 4.03. The lowest BCUT2D eigenvalue weighted by Crippen LogP contribution is -2.36. The number of aryl methyl sites for hydroxylation is 2. The van der Waals surface area contributed by atoms with E-state index in [4.69, 9.17) is 0 Å². The van der Waals surface area contributed by atoms with Crippen molar-refractivity contribution < 1.29 is 13.2 Å². The van der Waals surface area contributed by atoms with Crippen LogP contribution < -0.4 is 9.21 Å². The highest BCUT2D eigenvalue weighted by Crippen LogP contribution is 2.34. The lowest BCUT2D eigenvalue weighted by Gasteiger charge is -2.31. The Bertz CT molecular complexity index is 998. The second-order valence-electron chi connectivity index (χ2n) is 7.07. The van der Waals surface area contributed by atoms with E-state index >= 15 is 0 Å². The first-order valence-corrected chi connectivity index (χ1v) is 10.7. The quantitative estimate of drug-likeness (QED) is 0.817. The maximum absolute atomic E-state index is 13.2. The van der Waals surface area contributed by atoms with Crippen LogP contribution in [-0.4, -0.2) is 33.7 Å². The van der Waals surface area contributed by atoms with Crippen LogP contribution in [0.5, 0.6) is 0 Å². The molecule has 0 aromatic heterocycles. The molecule has 0 atom stereocenters. The predicted molar refractivity (Wildman–Crippen MR) is 104 cm³/mol. The van der Waals surface area contributed by atoms with Crippen molar-refractivity contribution in [1.82, 2.24) is 0 Å². The zero-order valence-corrected chi connectivity index (χ0v) is 15.8. The van der Waals surface area contributed by atoms with Gasteiger partial charge < -0.3 is 4.90 Å². The molecular weight excluding hydrogens is 348 g/mol. The Labute approximate surface area is 154 Å². The number of nitrogens with zero attached hydrogens (tertiary/aromatic N) is 2. The van der Waals surface area contributed by atoms with E-state index in [9.17, 15) is 13.2 Å². The van der Waals surface area contributed by atoms with Crippen molar-refractivity contribution in [2.24, 2.45) is 0 Å². The third kappa shape index (κ3) is 2.78. The zero-order chi connectivity index (χ0) is 18.5. The molecule has 0 bridgehead atoms. The molecule has 0 radical (unpaired) electrons. The van der Waals surface area contributed by atoms with Crippen molar-refractivity contribution >= 4 is 27.3 Å². The molecule has 5 nitrogen and oxygen atoms in total. The van der Waals surface area contributed by atoms with Crippen molar-refractivity contribution in [3.8, 4) is 0 Å². The van der Waals surface area contributed by atoms with Crippen molar-refractivity contribution in [2.75, 3.05) is 28.6 Å². The first kappa shape index (κ1) is 17.1. The molecule has 0 fully saturated rings. The average molecular weight is 370 g/mol. The number of anilines is 2. The number of benzene rings is 2. The van der Waals surface area contributed by atoms with Crippen molar-refractivity contribution in [3.05, 3.63) is 58.7 Å². The summed E-state index contributed by atoms with van der Waals surface area (Å²) < 4.78 is 25.2. The number of fused-ring (bicyclic) bond motifs is 2. The van der Waals surface area contributed by atoms with Crippen LogP contribution in [0, 0.1) is 6.92 Å². The molecule has 2 aromatic rings. The summed E-state index contributed by atoms with van der Waals surface area (Å²) in [5.41, 5.74) is 5.59. The normalized spacial score (nSPS) is 16.4. The standard InChI is InChI=1S/C20H22N2O3S/c1-14-5-3-6-15-7-4-11-21(19(14)15)20(23)17-8-9-18-16(13-17)10-12-22(18)26(2,24)25/h3,5-6,8-9,13H,4,7,10-12H2,1-2H3. The van der Waals surface area contributed by atoms with Crippen LogP contribution in [0.3, 0.4) is 0 Å². The molecule has 0 spiro atoms. The number of sulfonamides is 1. The van der Waals surface area contributed by atoms with Gasteiger partial charge in [-0.3, -0.25) is 9.10 Å². The molecule has 26 heavy (non-hydrogen) atoms. The molecule has 2 aliphatic heterocycles. The molecule has 2 aromatic carbocycles. The summed E-state index contributed by atoms with van der Waals surface area (Å²) >= 11 is 0. The summed E-state index contributed by atoms with van der Waals surface area (Å²) in [6, 6.07) is 11.5. The summed E-state index contributed by atoms with van der Waals surface area (Å²) in [7, 11) is -3.28. The molecule has 136 valence electrons. The van der Waals surface area contributed by atoms with E-state index in [1.54, 1.807) is 12.1 Å². The van der Waals surface area contributed by atoms with Crippen LogP contribution in [0.15, 0.2) is 36.4 Å². The van der Waals surface area contributed by atoms with E-state index < -0.39 is 10.0 Å². The van der Waals surface area contributed by atoms with Gasteiger partial charge in [0.2, 0.25) is 10.0 Å². The molecule has 0 N–H and O–H groups in total. The Morgan fingerprint density at radius 1 is 1.04 bits per heavy atom. The number of hydrogen-bond donors (Lipinski definition) is 0. The Morgan fingerprint density at radius 3 is 2.62 bits per heavy atom. The van der Waals surface area contributed by atoms with Crippen molar-refractivity contribution in [3.63, 3.8) is 0 Å². The highest BCUT2D eigenvalue weighted by Gasteiger charge is 2.29. The number of carbonyl (C=O) groups is 1. The fraction of sp³-hybridized carbons (Fsp3) is 0.350. The van der Waals surface area contributed by atoms with Crippen molar-refractivity contribution in [2.45, 2.75) is 26.2 Å². The smallest absolute Gasteiger partial charge is 0.258 e. The third-order valence-corrected chi connectivity index (χ3v) is 6.42. The lowest BCUT2D eigenvalue weighted by atomic mass is 9.97. The fourth-order valence-corrected chi connectivity index (χ4v) is 5.01. The highest BCUT2D eigenvalue weighted by atomic mass is 32.2. The topological polar surface area (TPSA) is 57.7 Å². The summed E-state index contributed by atoms with van der Waals surface area (Å²) in [6.07, 6.45) is 3.80. The van der Waals surface area contributed by atoms with E-state index in [1.165, 1.54) is 16.1 Å². The highest BCUT2D eigenvalue weighted by molar-refractivity contribution is 7.92. The minimum absolute atomic E-state index is 0.0131. The summed E-state index contributed by atoms with van der Waals surface area (Å²) in [5.74, 6) is -0.0131. The molecule has 1 amide bonds. The monoisotopic (exact) mass is 370 g/mol. The van der Waals surface area contributed by atoms with E-state index in [0.717, 1.165) is 29.7 Å². The van der Waals surface area contributed by atoms with Gasteiger partial charge in [0.05, 0.1) is 17.6 Å². The maximum atomic E-state index is 13.2. The van der Waals surface area contributed by atoms with Crippen LogP contribution in [0.25, 0.3) is 0 Å². The zero-order valence-electron chi connectivity index (χ0n) is 15.0. The number of hydrogen-bond acceptors (Lipinski definition) is 3. The number of amides is 1. The van der Waals surface area contributed by atoms with Gasteiger partial charge in [-0.05, 0) is 61.1 Å². The van der Waals surface area contributed by atoms with Gasteiger partial charge in [0.25, 0.3) is 5.91 Å². The third-order valence-electron chi connectivity index (χ3n) is 5.24. The summed E-state index contributed by atoms with van der Waals surface area (Å²) in [5, 5.41) is 0. The van der Waals surface area contributed by atoms with Gasteiger partial charge >= 0.3 is 0 Å². The van der Waals surface area contributed by atoms with Gasteiger partial charge in [0.15, 0.2) is 0 Å². The van der Waals surface area contributed by atoms with Gasteiger partial charge in [0.1, 0.15) is 0 Å². The number of carbonyl (C=O) groups excluding carboxylic acids is 1. The Hall–Kier alpha value is -2.34. The molecule has 0 saturated carbocycles. The minimum atomic E-state index is -3.28. The molecule has 2 heterocycles. The molecule has 6 heteroatoms. The molecule has 0 unspecified atom stereocenters. The predicted octanol–water partition coefficient (Wildman–Crippen LogP) is 2.91. The van der Waals surface area contributed by atoms with Gasteiger partial charge in [-0.1, -0.05) is 18.2 Å². The number of rotatable bonds is 2. The molecule has 0 aliphatic carbocycles. The van der Waals surface area contributed by atoms with Gasteiger partial charge in [-0.25, -0.2) is 8.42 Å². The second kappa shape index (κ2) is 6.13. The lowest BCUT2D eigenvalue weighted by molar-refractivity contribution is 0.0985. The fourth-order valence-electron chi connectivity index (χ4n) is 4.06. The van der Waals surface area contributed by atoms with Crippen molar-refractivity contribution in [1.29, 1.82) is 0 Å². The molecule has 2 aliphatic rings. The maximum Gasteiger partial charge on any atom is 0.258 e. The van der Waals surface area contributed by atoms with Crippen LogP contribution in [0.1, 0.15) is 33.5 Å². The van der Waals surface area contributed by atoms with Crippen LogP contribution in [0.4, 0.5) is 11.4 Å². The summed E-state index contributed by atoms with van der Waals surface area (Å²) in [6.45, 7) is 3.19. The minimum Gasteiger partial charge on any atom is -0.308 e. The first-order valence-electron chi connectivity index (χ1n) is 8.87. The van der Waals surface area contributed by atoms with Gasteiger partial charge in [-0.15, -0.1) is 0 Å². The average Bonchev–Trinajstić information content (AvgIpc) is 3.04. The molecule has 0 saturated heterocycles. The first-order chi connectivity index (χ1) is 12.4. The molecule has 4 rings (SSSR count). The van der Waals surface area contributed by atoms with Crippen LogP contribution >= 0.6 is 0 Å². The van der Waals surface area contributed by atoms with Crippen LogP contribution in [-0.2, 0) is 22.9 Å². The largest absolute Gasteiger partial charge is 0.308 e. The van der Waals surface area contributed by atoms with E-state index in [-0.39, 0.29) is 5.91 Å². The summed E-state index contributed by atoms with van der Waals surface area (Å²) in [4.78, 5) is 15.1. The Morgan fingerprint density at radius 2 is 1.85 bits per heavy atom. The van der Waals surface area contributed by atoms with Crippen LogP contribution in [0.2, 0.25) is 0 Å². The second-order valence-corrected chi connectivity index (χ2v) is 8.98. The van der Waals surface area contributed by atoms with E-state index in [0.29, 0.717) is 30.8 Å². The van der Waals surface area contributed by atoms with E-state index in [1.807, 2.05) is 30.0 Å². The van der Waals surface area contributed by atoms with Gasteiger partial charge in [-0.2, -0.15) is 0 Å². The SMILES string of the molecule is Cc1cccc2c1N(C(=O)c1ccc3c(c1)CCN3S(C)(=O)=O)CCC2. The number of para-hydroxylation sites is 1.